The van der Waals surface area contributed by atoms with Crippen molar-refractivity contribution in [2.75, 3.05) is 30.9 Å². The second-order valence-electron chi connectivity index (χ2n) is 9.99. The van der Waals surface area contributed by atoms with E-state index < -0.39 is 11.7 Å². The van der Waals surface area contributed by atoms with Crippen molar-refractivity contribution in [1.82, 2.24) is 15.3 Å². The molecule has 1 unspecified atom stereocenters. The highest BCUT2D eigenvalue weighted by Crippen LogP contribution is 2.35. The largest absolute Gasteiger partial charge is 0.489 e. The Kier molecular flexibility index (Phi) is 7.24. The molecule has 1 fully saturated rings. The zero-order valence-electron chi connectivity index (χ0n) is 21.1. The Morgan fingerprint density at radius 1 is 0.973 bits per heavy atom. The van der Waals surface area contributed by atoms with Crippen LogP contribution >= 0.6 is 0 Å². The Bertz CT molecular complexity index is 1270. The van der Waals surface area contributed by atoms with Gasteiger partial charge in [0, 0.05) is 38.0 Å². The maximum atomic E-state index is 13.0. The van der Waals surface area contributed by atoms with Gasteiger partial charge in [-0.1, -0.05) is 24.3 Å². The first-order valence-corrected chi connectivity index (χ1v) is 12.7. The van der Waals surface area contributed by atoms with E-state index in [2.05, 4.69) is 10.6 Å². The van der Waals surface area contributed by atoms with Gasteiger partial charge in [-0.15, -0.1) is 0 Å². The molecule has 2 aromatic carbocycles. The molecule has 9 heteroatoms. The quantitative estimate of drug-likeness (QED) is 0.401. The van der Waals surface area contributed by atoms with Crippen molar-refractivity contribution in [3.8, 4) is 0 Å². The molecule has 0 bridgehead atoms. The van der Waals surface area contributed by atoms with Gasteiger partial charge in [-0.05, 0) is 61.6 Å². The van der Waals surface area contributed by atoms with Gasteiger partial charge >= 0.3 is 6.18 Å². The van der Waals surface area contributed by atoms with E-state index in [1.54, 1.807) is 6.07 Å². The number of ether oxygens (including phenoxy) is 1. The number of para-hydroxylation sites is 1. The molecular weight excluding hydrogens is 479 g/mol. The Balaban J connectivity index is 1.10. The number of hydrogen-bond acceptors (Lipinski definition) is 6. The van der Waals surface area contributed by atoms with Gasteiger partial charge in [0.15, 0.2) is 0 Å². The monoisotopic (exact) mass is 511 g/mol. The predicted molar refractivity (Wildman–Crippen MR) is 140 cm³/mol. The molecule has 1 aliphatic heterocycles. The molecule has 1 atom stereocenters. The van der Waals surface area contributed by atoms with Gasteiger partial charge in [0.05, 0.1) is 17.6 Å². The fourth-order valence-electron chi connectivity index (χ4n) is 5.09. The summed E-state index contributed by atoms with van der Waals surface area (Å²) < 4.78 is 45.1. The van der Waals surface area contributed by atoms with Crippen LogP contribution < -0.4 is 15.5 Å². The Morgan fingerprint density at radius 2 is 1.73 bits per heavy atom. The van der Waals surface area contributed by atoms with Crippen LogP contribution in [0, 0.1) is 0 Å². The fourth-order valence-corrected chi connectivity index (χ4v) is 5.09. The average molecular weight is 512 g/mol. The lowest BCUT2D eigenvalue weighted by Crippen LogP contribution is -2.38. The van der Waals surface area contributed by atoms with Crippen molar-refractivity contribution in [1.29, 1.82) is 0 Å². The van der Waals surface area contributed by atoms with Crippen LogP contribution in [0.3, 0.4) is 0 Å². The number of fused-ring (bicyclic) bond motifs is 1. The number of alkyl halides is 3. The lowest BCUT2D eigenvalue weighted by molar-refractivity contribution is -0.137. The molecule has 0 amide bonds. The zero-order chi connectivity index (χ0) is 26.0. The van der Waals surface area contributed by atoms with Crippen LogP contribution in [-0.4, -0.2) is 42.7 Å². The smallest absolute Gasteiger partial charge is 0.416 e. The predicted octanol–water partition coefficient (Wildman–Crippen LogP) is 6.07. The van der Waals surface area contributed by atoms with Gasteiger partial charge in [0.1, 0.15) is 17.7 Å². The van der Waals surface area contributed by atoms with Crippen molar-refractivity contribution < 1.29 is 17.9 Å². The molecule has 37 heavy (non-hydrogen) atoms. The summed E-state index contributed by atoms with van der Waals surface area (Å²) in [6.07, 6.45) is 1.85. The van der Waals surface area contributed by atoms with Gasteiger partial charge in [0.2, 0.25) is 5.95 Å². The van der Waals surface area contributed by atoms with Crippen molar-refractivity contribution in [3.63, 3.8) is 0 Å². The highest BCUT2D eigenvalue weighted by atomic mass is 19.4. The first-order chi connectivity index (χ1) is 17.8. The number of nitrogens with zero attached hydrogens (tertiary/aromatic N) is 3. The third-order valence-corrected chi connectivity index (χ3v) is 7.07. The van der Waals surface area contributed by atoms with Crippen LogP contribution in [0.1, 0.15) is 49.3 Å². The maximum absolute atomic E-state index is 13.0. The minimum Gasteiger partial charge on any atom is -0.489 e. The molecular formula is C28H32F3N5O. The summed E-state index contributed by atoms with van der Waals surface area (Å²) in [4.78, 5) is 11.5. The molecule has 6 nitrogen and oxygen atoms in total. The van der Waals surface area contributed by atoms with Gasteiger partial charge in [-0.3, -0.25) is 0 Å². The van der Waals surface area contributed by atoms with E-state index in [4.69, 9.17) is 14.7 Å². The van der Waals surface area contributed by atoms with E-state index in [1.165, 1.54) is 12.1 Å². The molecule has 0 radical (unpaired) electrons. The Labute approximate surface area is 214 Å². The molecule has 196 valence electrons. The SMILES string of the molecule is CN(C)c1nc(N[C@H]2CC[C@@H](NCC3=CCC(c4cccc(C(F)(F)F)c4)O3)CC2)nc2ccccc12. The summed E-state index contributed by atoms with van der Waals surface area (Å²) in [5.74, 6) is 2.35. The molecule has 1 saturated carbocycles. The van der Waals surface area contributed by atoms with E-state index in [0.717, 1.165) is 54.2 Å². The second-order valence-corrected chi connectivity index (χ2v) is 9.99. The topological polar surface area (TPSA) is 62.3 Å². The molecule has 1 aromatic heterocycles. The van der Waals surface area contributed by atoms with Crippen LogP contribution in [-0.2, 0) is 10.9 Å². The third-order valence-electron chi connectivity index (χ3n) is 7.07. The minimum absolute atomic E-state index is 0.307. The van der Waals surface area contributed by atoms with Gasteiger partial charge in [0.25, 0.3) is 0 Å². The van der Waals surface area contributed by atoms with Crippen molar-refractivity contribution >= 4 is 22.7 Å². The number of nitrogens with one attached hydrogen (secondary N) is 2. The van der Waals surface area contributed by atoms with Crippen LogP contribution in [0.15, 0.2) is 60.4 Å². The summed E-state index contributed by atoms with van der Waals surface area (Å²) in [6.45, 7) is 0.582. The molecule has 3 aromatic rings. The van der Waals surface area contributed by atoms with E-state index >= 15 is 0 Å². The average Bonchev–Trinajstić information content (AvgIpc) is 3.36. The van der Waals surface area contributed by atoms with Crippen LogP contribution in [0.4, 0.5) is 24.9 Å². The number of anilines is 2. The fraction of sp³-hybridized carbons (Fsp3) is 0.429. The van der Waals surface area contributed by atoms with E-state index in [0.29, 0.717) is 36.6 Å². The van der Waals surface area contributed by atoms with E-state index in [-0.39, 0.29) is 6.10 Å². The number of rotatable bonds is 7. The van der Waals surface area contributed by atoms with Crippen LogP contribution in [0.2, 0.25) is 0 Å². The van der Waals surface area contributed by atoms with E-state index in [9.17, 15) is 13.2 Å². The van der Waals surface area contributed by atoms with Crippen molar-refractivity contribution in [3.05, 3.63) is 71.5 Å². The van der Waals surface area contributed by atoms with Crippen LogP contribution in [0.25, 0.3) is 10.9 Å². The van der Waals surface area contributed by atoms with E-state index in [1.807, 2.05) is 49.3 Å². The molecule has 0 spiro atoms. The van der Waals surface area contributed by atoms with Crippen LogP contribution in [0.5, 0.6) is 0 Å². The standard InChI is InChI=1S/C28H32F3N5O/c1-36(2)26-23-8-3-4-9-24(23)34-27(35-26)33-21-12-10-20(11-13-21)32-17-22-14-15-25(37-22)18-6-5-7-19(16-18)28(29,30)31/h3-9,14,16,20-21,25,32H,10-13,15,17H2,1-2H3,(H,33,34,35)/t20-,21+,25?. The molecule has 1 aliphatic carbocycles. The first kappa shape index (κ1) is 25.3. The van der Waals surface area contributed by atoms with Crippen molar-refractivity contribution in [2.45, 2.75) is 56.5 Å². The Morgan fingerprint density at radius 3 is 2.49 bits per heavy atom. The lowest BCUT2D eigenvalue weighted by Gasteiger charge is -2.30. The number of benzene rings is 2. The Hall–Kier alpha value is -3.33. The van der Waals surface area contributed by atoms with Crippen molar-refractivity contribution in [2.24, 2.45) is 0 Å². The third kappa shape index (κ3) is 5.98. The zero-order valence-corrected chi connectivity index (χ0v) is 21.1. The summed E-state index contributed by atoms with van der Waals surface area (Å²) in [5, 5.41) is 8.13. The molecule has 2 heterocycles. The normalized spacial score (nSPS) is 22.0. The molecule has 0 saturated heterocycles. The first-order valence-electron chi connectivity index (χ1n) is 12.7. The molecule has 5 rings (SSSR count). The summed E-state index contributed by atoms with van der Waals surface area (Å²) in [6, 6.07) is 14.1. The molecule has 2 N–H and O–H groups in total. The number of aromatic nitrogens is 2. The van der Waals surface area contributed by atoms with Gasteiger partial charge in [-0.25, -0.2) is 4.98 Å². The summed E-state index contributed by atoms with van der Waals surface area (Å²) in [5.41, 5.74) is 0.839. The van der Waals surface area contributed by atoms with Gasteiger partial charge < -0.3 is 20.3 Å². The van der Waals surface area contributed by atoms with Gasteiger partial charge in [-0.2, -0.15) is 18.2 Å². The maximum Gasteiger partial charge on any atom is 0.416 e. The highest BCUT2D eigenvalue weighted by molar-refractivity contribution is 5.90. The number of hydrogen-bond donors (Lipinski definition) is 2. The highest BCUT2D eigenvalue weighted by Gasteiger charge is 2.32. The lowest BCUT2D eigenvalue weighted by atomic mass is 9.91. The minimum atomic E-state index is -4.35. The summed E-state index contributed by atoms with van der Waals surface area (Å²) in [7, 11) is 3.97. The molecule has 2 aliphatic rings. The second kappa shape index (κ2) is 10.6. The summed E-state index contributed by atoms with van der Waals surface area (Å²) >= 11 is 0. The number of halogens is 3.